The second-order valence-electron chi connectivity index (χ2n) is 26.5. The molecule has 0 aromatic heterocycles. The number of nitrogens with one attached hydrogen (secondary N) is 4. The Hall–Kier alpha value is -9.52. The predicted octanol–water partition coefficient (Wildman–Crippen LogP) is 14.6. The van der Waals surface area contributed by atoms with Crippen molar-refractivity contribution in [3.05, 3.63) is 166 Å². The van der Waals surface area contributed by atoms with Crippen molar-refractivity contribution in [2.24, 2.45) is 0 Å². The Labute approximate surface area is 574 Å². The number of unbranched alkanes of at least 4 members (excludes halogenated alkanes) is 5. The third kappa shape index (κ3) is 13.9. The largest absolute Gasteiger partial charge is 0.385 e. The van der Waals surface area contributed by atoms with E-state index >= 15 is 0 Å². The number of benzene rings is 8. The average molecular weight is 1320 g/mol. The van der Waals surface area contributed by atoms with Crippen LogP contribution in [0.2, 0.25) is 0 Å². The maximum absolute atomic E-state index is 14.4. The van der Waals surface area contributed by atoms with Crippen molar-refractivity contribution in [3.63, 3.8) is 0 Å². The first-order chi connectivity index (χ1) is 47.9. The van der Waals surface area contributed by atoms with E-state index in [-0.39, 0.29) is 73.4 Å². The summed E-state index contributed by atoms with van der Waals surface area (Å²) in [6, 6.07) is 37.5. The summed E-state index contributed by atoms with van der Waals surface area (Å²) < 4.78 is 0. The molecule has 0 bridgehead atoms. The summed E-state index contributed by atoms with van der Waals surface area (Å²) in [7, 11) is 0. The number of imide groups is 4. The van der Waals surface area contributed by atoms with Gasteiger partial charge in [-0.05, 0) is 176 Å². The molecule has 0 fully saturated rings. The molecule has 18 heteroatoms. The summed E-state index contributed by atoms with van der Waals surface area (Å²) in [5, 5.41) is 20.1. The van der Waals surface area contributed by atoms with E-state index in [0.717, 1.165) is 135 Å². The quantitative estimate of drug-likeness (QED) is 0.0211. The number of amides is 8. The fourth-order valence-corrected chi connectivity index (χ4v) is 14.8. The molecule has 18 nitrogen and oxygen atoms in total. The van der Waals surface area contributed by atoms with E-state index in [9.17, 15) is 38.4 Å². The summed E-state index contributed by atoms with van der Waals surface area (Å²) in [6.07, 6.45) is 11.4. The number of carbonyl (C=O) groups is 8. The van der Waals surface area contributed by atoms with Gasteiger partial charge in [0.1, 0.15) is 0 Å². The first kappa shape index (κ1) is 68.4. The maximum Gasteiger partial charge on any atom is 0.261 e. The van der Waals surface area contributed by atoms with Gasteiger partial charge in [-0.25, -0.2) is 0 Å². The van der Waals surface area contributed by atoms with Gasteiger partial charge in [0.2, 0.25) is 0 Å². The molecule has 510 valence electrons. The number of hydrogen-bond donors (Lipinski definition) is 4. The second kappa shape index (κ2) is 31.3. The molecule has 0 spiro atoms. The first-order valence-corrected chi connectivity index (χ1v) is 35.9. The summed E-state index contributed by atoms with van der Waals surface area (Å²) in [5.74, 6) is -2.61. The summed E-state index contributed by atoms with van der Waals surface area (Å²) in [6.45, 7) is 15.7. The molecular weight excluding hydrogens is 1230 g/mol. The van der Waals surface area contributed by atoms with Crippen LogP contribution in [0.5, 0.6) is 0 Å². The van der Waals surface area contributed by atoms with Gasteiger partial charge in [0.25, 0.3) is 47.3 Å². The summed E-state index contributed by atoms with van der Waals surface area (Å²) in [5.41, 5.74) is 7.56. The smallest absolute Gasteiger partial charge is 0.261 e. The van der Waals surface area contributed by atoms with Gasteiger partial charge < -0.3 is 31.1 Å². The molecule has 8 aromatic carbocycles. The average Bonchev–Trinajstić information content (AvgIpc) is 0.768. The normalized spacial score (nSPS) is 14.3. The van der Waals surface area contributed by atoms with E-state index in [2.05, 4.69) is 58.8 Å². The summed E-state index contributed by atoms with van der Waals surface area (Å²) >= 11 is 0. The number of anilines is 4. The number of rotatable bonds is 37. The van der Waals surface area contributed by atoms with E-state index in [1.54, 1.807) is 24.3 Å². The van der Waals surface area contributed by atoms with Crippen LogP contribution in [-0.2, 0) is 0 Å². The molecule has 12 rings (SSSR count). The fourth-order valence-electron chi connectivity index (χ4n) is 14.8. The van der Waals surface area contributed by atoms with Gasteiger partial charge in [-0.1, -0.05) is 102 Å². The van der Waals surface area contributed by atoms with Crippen LogP contribution in [0, 0.1) is 0 Å². The van der Waals surface area contributed by atoms with Gasteiger partial charge in [-0.15, -0.1) is 0 Å². The molecule has 0 aliphatic carbocycles. The zero-order valence-electron chi connectivity index (χ0n) is 57.3. The standard InChI is InChI=1S/C80H92N10O8/c1-5-9-39-81-65-35-31-61-69-53(65)23-15-27-57(69)73(91)87(77(61)95)49-19-45-85(46-20-50-88-74(92)58-28-16-24-54-66(82-40-10-6-2)36-32-62(70(54)58)78(88)96)43-13-14-44-86(47-21-51-89-75(93)59-29-17-25-55-67(83-41-11-7-3)37-33-63(71(55)59)79(89)97)48-22-52-90-76(94)60-30-18-26-56-68(84-42-12-8-4)38-34-64(72(56)60)80(90)98/h15-18,23-38,81-84H,5-14,19-22,39-52H2,1-4H3. The highest BCUT2D eigenvalue weighted by atomic mass is 16.2. The molecule has 0 saturated carbocycles. The molecule has 4 aliphatic rings. The predicted molar refractivity (Wildman–Crippen MR) is 391 cm³/mol. The molecule has 4 heterocycles. The Kier molecular flexibility index (Phi) is 21.9. The van der Waals surface area contributed by atoms with Crippen molar-refractivity contribution in [2.75, 3.05) is 113 Å². The molecule has 98 heavy (non-hydrogen) atoms. The monoisotopic (exact) mass is 1320 g/mol. The number of carbonyl (C=O) groups excluding carboxylic acids is 8. The Bertz CT molecular complexity index is 3760. The van der Waals surface area contributed by atoms with Crippen molar-refractivity contribution < 1.29 is 38.4 Å². The van der Waals surface area contributed by atoms with Gasteiger partial charge in [0.05, 0.1) is 0 Å². The lowest BCUT2D eigenvalue weighted by Crippen LogP contribution is -2.43. The zero-order chi connectivity index (χ0) is 68.4. The SMILES string of the molecule is CCCCNc1ccc2c3c(cccc13)C(=O)N(CCCN(CCCCN(CCCN1C(=O)c3cccc4c(NCCCC)ccc(c34)C1=O)CCCN1C(=O)c3cccc4c(NCCCC)ccc(c34)C1=O)CCCN1C(=O)c3cccc4c(NCCCC)ccc(c34)C1=O)C2=O. The van der Waals surface area contributed by atoms with Gasteiger partial charge in [-0.2, -0.15) is 0 Å². The lowest BCUT2D eigenvalue weighted by atomic mass is 9.93. The third-order valence-corrected chi connectivity index (χ3v) is 20.0. The van der Waals surface area contributed by atoms with Crippen LogP contribution >= 0.6 is 0 Å². The van der Waals surface area contributed by atoms with Crippen LogP contribution in [0.4, 0.5) is 22.7 Å². The molecule has 8 amide bonds. The van der Waals surface area contributed by atoms with Crippen molar-refractivity contribution in [3.8, 4) is 0 Å². The Morgan fingerprint density at radius 3 is 0.673 bits per heavy atom. The number of nitrogens with zero attached hydrogens (tertiary/aromatic N) is 6. The van der Waals surface area contributed by atoms with Crippen molar-refractivity contribution in [1.29, 1.82) is 0 Å². The topological polar surface area (TPSA) is 204 Å². The van der Waals surface area contributed by atoms with E-state index in [0.29, 0.717) is 131 Å². The van der Waals surface area contributed by atoms with E-state index in [1.165, 1.54) is 19.6 Å². The molecule has 0 radical (unpaired) electrons. The van der Waals surface area contributed by atoms with Crippen molar-refractivity contribution >= 4 is 113 Å². The number of hydrogen-bond acceptors (Lipinski definition) is 14. The molecule has 0 atom stereocenters. The van der Waals surface area contributed by atoms with Crippen LogP contribution in [-0.4, -0.2) is 168 Å². The molecular formula is C80H92N10O8. The van der Waals surface area contributed by atoms with Crippen molar-refractivity contribution in [1.82, 2.24) is 29.4 Å². The van der Waals surface area contributed by atoms with E-state index in [1.807, 2.05) is 97.1 Å². The fraction of sp³-hybridized carbons (Fsp3) is 0.400. The minimum Gasteiger partial charge on any atom is -0.385 e. The van der Waals surface area contributed by atoms with E-state index in [4.69, 9.17) is 0 Å². The second-order valence-corrected chi connectivity index (χ2v) is 26.5. The van der Waals surface area contributed by atoms with Gasteiger partial charge in [-0.3, -0.25) is 58.0 Å². The molecule has 8 aromatic rings. The highest BCUT2D eigenvalue weighted by Crippen LogP contribution is 2.39. The zero-order valence-corrected chi connectivity index (χ0v) is 57.3. The van der Waals surface area contributed by atoms with Gasteiger partial charge in [0.15, 0.2) is 0 Å². The molecule has 0 unspecified atom stereocenters. The van der Waals surface area contributed by atoms with E-state index < -0.39 is 0 Å². The minimum absolute atomic E-state index is 0.188. The van der Waals surface area contributed by atoms with Crippen LogP contribution in [0.15, 0.2) is 121 Å². The van der Waals surface area contributed by atoms with Crippen molar-refractivity contribution in [2.45, 2.75) is 118 Å². The minimum atomic E-state index is -0.326. The molecule has 4 N–H and O–H groups in total. The lowest BCUT2D eigenvalue weighted by molar-refractivity contribution is 0.0578. The highest BCUT2D eigenvalue weighted by molar-refractivity contribution is 6.30. The van der Waals surface area contributed by atoms with Crippen LogP contribution in [0.3, 0.4) is 0 Å². The molecule has 4 aliphatic heterocycles. The third-order valence-electron chi connectivity index (χ3n) is 20.0. The highest BCUT2D eigenvalue weighted by Gasteiger charge is 2.38. The Morgan fingerprint density at radius 2 is 0.459 bits per heavy atom. The van der Waals surface area contributed by atoms with Crippen LogP contribution in [0.25, 0.3) is 43.1 Å². The summed E-state index contributed by atoms with van der Waals surface area (Å²) in [4.78, 5) is 125. The Morgan fingerprint density at radius 1 is 0.255 bits per heavy atom. The van der Waals surface area contributed by atoms with Gasteiger partial charge >= 0.3 is 0 Å². The van der Waals surface area contributed by atoms with Crippen LogP contribution < -0.4 is 21.3 Å². The van der Waals surface area contributed by atoms with Crippen LogP contribution in [0.1, 0.15) is 200 Å². The maximum atomic E-state index is 14.4. The Balaban J connectivity index is 0.748. The molecule has 0 saturated heterocycles. The lowest BCUT2D eigenvalue weighted by Gasteiger charge is -2.31. The van der Waals surface area contributed by atoms with Gasteiger partial charge in [0, 0.05) is 163 Å². The first-order valence-electron chi connectivity index (χ1n) is 35.9.